The largest absolute Gasteiger partial charge is 0.480 e. The molecule has 1 fully saturated rings. The monoisotopic (exact) mass is 468 g/mol. The molecule has 2 aromatic carbocycles. The number of nitrogens with zero attached hydrogens (tertiary/aromatic N) is 5. The van der Waals surface area contributed by atoms with Crippen molar-refractivity contribution in [1.29, 1.82) is 0 Å². The average molecular weight is 469 g/mol. The minimum Gasteiger partial charge on any atom is -0.480 e. The number of aliphatic carboxylic acids is 1. The number of benzene rings is 2. The molecular formula is C22H18Cl2N6O2. The Balaban J connectivity index is 1.71. The summed E-state index contributed by atoms with van der Waals surface area (Å²) in [5.74, 6) is -0.392. The van der Waals surface area contributed by atoms with E-state index in [2.05, 4.69) is 15.3 Å². The first-order valence-corrected chi connectivity index (χ1v) is 10.6. The number of aromatic nitrogens is 4. The molecule has 32 heavy (non-hydrogen) atoms. The number of hydrogen-bond donors (Lipinski definition) is 2. The van der Waals surface area contributed by atoms with Crippen LogP contribution in [-0.2, 0) is 4.79 Å². The maximum atomic E-state index is 11.7. The summed E-state index contributed by atoms with van der Waals surface area (Å²) < 4.78 is 1.64. The zero-order valence-corrected chi connectivity index (χ0v) is 18.5. The minimum absolute atomic E-state index is 0.252. The van der Waals surface area contributed by atoms with Gasteiger partial charge in [-0.3, -0.25) is 4.79 Å². The average Bonchev–Trinajstić information content (AvgIpc) is 3.14. The lowest BCUT2D eigenvalue weighted by Crippen LogP contribution is -2.73. The van der Waals surface area contributed by atoms with Crippen molar-refractivity contribution < 1.29 is 9.90 Å². The molecule has 1 aliphatic heterocycles. The van der Waals surface area contributed by atoms with Gasteiger partial charge in [-0.15, -0.1) is 0 Å². The van der Waals surface area contributed by atoms with Gasteiger partial charge in [-0.1, -0.05) is 53.5 Å². The summed E-state index contributed by atoms with van der Waals surface area (Å²) in [6.07, 6.45) is 1.46. The van der Waals surface area contributed by atoms with E-state index in [4.69, 9.17) is 28.3 Å². The van der Waals surface area contributed by atoms with Gasteiger partial charge in [0.25, 0.3) is 0 Å². The van der Waals surface area contributed by atoms with Gasteiger partial charge in [0, 0.05) is 10.6 Å². The van der Waals surface area contributed by atoms with Crippen LogP contribution in [0.2, 0.25) is 10.0 Å². The smallest absolute Gasteiger partial charge is 0.327 e. The van der Waals surface area contributed by atoms with E-state index in [1.165, 1.54) is 6.33 Å². The lowest BCUT2D eigenvalue weighted by molar-refractivity contribution is -0.145. The van der Waals surface area contributed by atoms with Crippen LogP contribution in [0.4, 0.5) is 5.95 Å². The Bertz CT molecular complexity index is 1330. The van der Waals surface area contributed by atoms with Crippen molar-refractivity contribution in [2.45, 2.75) is 5.54 Å². The third kappa shape index (κ3) is 3.19. The van der Waals surface area contributed by atoms with Crippen LogP contribution in [0.3, 0.4) is 0 Å². The first kappa shape index (κ1) is 20.7. The van der Waals surface area contributed by atoms with E-state index >= 15 is 0 Å². The van der Waals surface area contributed by atoms with Gasteiger partial charge in [-0.05, 0) is 30.8 Å². The second kappa shape index (κ2) is 7.74. The highest BCUT2D eigenvalue weighted by atomic mass is 35.5. The molecule has 0 aliphatic carbocycles. The molecule has 0 radical (unpaired) electrons. The molecule has 10 heteroatoms. The highest BCUT2D eigenvalue weighted by Gasteiger charge is 2.50. The van der Waals surface area contributed by atoms with E-state index in [-0.39, 0.29) is 13.1 Å². The Morgan fingerprint density at radius 3 is 2.47 bits per heavy atom. The molecule has 0 atom stereocenters. The van der Waals surface area contributed by atoms with Gasteiger partial charge in [0.15, 0.2) is 11.2 Å². The molecule has 1 aliphatic rings. The summed E-state index contributed by atoms with van der Waals surface area (Å²) in [6, 6.07) is 14.9. The predicted molar refractivity (Wildman–Crippen MR) is 123 cm³/mol. The number of nitrogens with one attached hydrogen (secondary N) is 1. The SMILES string of the molecule is CNC1(C(=O)O)CN(c2ncnc3c(-c4ccc(Cl)cc4)c(-c4ccccc4Cl)nn23)C1. The number of hydrogen-bond acceptors (Lipinski definition) is 6. The highest BCUT2D eigenvalue weighted by molar-refractivity contribution is 6.33. The Hall–Kier alpha value is -3.20. The van der Waals surface area contributed by atoms with Crippen molar-refractivity contribution in [1.82, 2.24) is 24.9 Å². The molecule has 0 amide bonds. The summed E-state index contributed by atoms with van der Waals surface area (Å²) in [6.45, 7) is 0.505. The number of fused-ring (bicyclic) bond motifs is 1. The second-order valence-electron chi connectivity index (χ2n) is 7.61. The Morgan fingerprint density at radius 2 is 1.81 bits per heavy atom. The molecule has 3 heterocycles. The van der Waals surface area contributed by atoms with Crippen LogP contribution >= 0.6 is 23.2 Å². The molecule has 162 valence electrons. The van der Waals surface area contributed by atoms with Gasteiger partial charge in [0.2, 0.25) is 5.95 Å². The normalized spacial score (nSPS) is 15.0. The molecule has 5 rings (SSSR count). The van der Waals surface area contributed by atoms with Crippen molar-refractivity contribution in [2.75, 3.05) is 25.0 Å². The van der Waals surface area contributed by atoms with Gasteiger partial charge >= 0.3 is 5.97 Å². The lowest BCUT2D eigenvalue weighted by atomic mass is 9.90. The fraction of sp³-hybridized carbons (Fsp3) is 0.182. The van der Waals surface area contributed by atoms with Crippen LogP contribution in [0, 0.1) is 0 Å². The molecule has 0 bridgehead atoms. The molecule has 2 N–H and O–H groups in total. The van der Waals surface area contributed by atoms with Crippen molar-refractivity contribution in [3.05, 3.63) is 64.9 Å². The summed E-state index contributed by atoms with van der Waals surface area (Å²) in [4.78, 5) is 22.5. The Kier molecular flexibility index (Phi) is 5.00. The molecule has 8 nitrogen and oxygen atoms in total. The first-order chi connectivity index (χ1) is 15.4. The van der Waals surface area contributed by atoms with E-state index in [1.807, 2.05) is 53.4 Å². The van der Waals surface area contributed by atoms with Crippen LogP contribution < -0.4 is 10.2 Å². The molecule has 2 aromatic heterocycles. The van der Waals surface area contributed by atoms with E-state index < -0.39 is 11.5 Å². The number of likely N-dealkylation sites (N-methyl/N-ethyl adjacent to an activating group) is 1. The first-order valence-electron chi connectivity index (χ1n) is 9.85. The van der Waals surface area contributed by atoms with Gasteiger partial charge in [-0.25, -0.2) is 9.97 Å². The highest BCUT2D eigenvalue weighted by Crippen LogP contribution is 2.39. The van der Waals surface area contributed by atoms with E-state index in [0.29, 0.717) is 27.3 Å². The van der Waals surface area contributed by atoms with Crippen molar-refractivity contribution in [3.63, 3.8) is 0 Å². The van der Waals surface area contributed by atoms with Crippen molar-refractivity contribution >= 4 is 40.8 Å². The van der Waals surface area contributed by atoms with Crippen LogP contribution in [0.15, 0.2) is 54.9 Å². The van der Waals surface area contributed by atoms with Crippen molar-refractivity contribution in [3.8, 4) is 22.4 Å². The van der Waals surface area contributed by atoms with E-state index in [9.17, 15) is 9.90 Å². The Labute approximate surface area is 193 Å². The lowest BCUT2D eigenvalue weighted by Gasteiger charge is -2.46. The maximum Gasteiger partial charge on any atom is 0.327 e. The standard InChI is InChI=1S/C22H18Cl2N6O2/c1-25-22(20(31)32)10-29(11-22)21-27-12-26-19-17(13-6-8-14(23)9-7-13)18(28-30(19)21)15-4-2-3-5-16(15)24/h2-9,12,25H,10-11H2,1H3,(H,31,32). The molecule has 0 unspecified atom stereocenters. The fourth-order valence-electron chi connectivity index (χ4n) is 3.94. The summed E-state index contributed by atoms with van der Waals surface area (Å²) in [7, 11) is 1.64. The van der Waals surface area contributed by atoms with Crippen LogP contribution in [0.25, 0.3) is 28.0 Å². The zero-order valence-electron chi connectivity index (χ0n) is 17.0. The van der Waals surface area contributed by atoms with Crippen LogP contribution in [0.5, 0.6) is 0 Å². The molecule has 4 aromatic rings. The quantitative estimate of drug-likeness (QED) is 0.461. The zero-order chi connectivity index (χ0) is 22.5. The summed E-state index contributed by atoms with van der Waals surface area (Å²) in [5.41, 5.74) is 2.64. The predicted octanol–water partition coefficient (Wildman–Crippen LogP) is 3.63. The number of carbonyl (C=O) groups is 1. The molecule has 0 spiro atoms. The molecular weight excluding hydrogens is 451 g/mol. The van der Waals surface area contributed by atoms with Gasteiger partial charge in [-0.2, -0.15) is 9.61 Å². The number of halogens is 2. The minimum atomic E-state index is -1.02. The van der Waals surface area contributed by atoms with E-state index in [0.717, 1.165) is 16.7 Å². The Morgan fingerprint density at radius 1 is 1.09 bits per heavy atom. The summed E-state index contributed by atoms with van der Waals surface area (Å²) >= 11 is 12.6. The molecule has 0 saturated carbocycles. The number of carboxylic acids is 1. The summed E-state index contributed by atoms with van der Waals surface area (Å²) in [5, 5.41) is 18.5. The molecule has 1 saturated heterocycles. The number of rotatable bonds is 5. The number of anilines is 1. The van der Waals surface area contributed by atoms with E-state index in [1.54, 1.807) is 11.6 Å². The second-order valence-corrected chi connectivity index (χ2v) is 8.46. The third-order valence-corrected chi connectivity index (χ3v) is 6.34. The van der Waals surface area contributed by atoms with Gasteiger partial charge in [0.1, 0.15) is 12.0 Å². The maximum absolute atomic E-state index is 11.7. The van der Waals surface area contributed by atoms with Crippen LogP contribution in [0.1, 0.15) is 0 Å². The van der Waals surface area contributed by atoms with Gasteiger partial charge < -0.3 is 15.3 Å². The third-order valence-electron chi connectivity index (χ3n) is 5.76. The fourth-order valence-corrected chi connectivity index (χ4v) is 4.30. The number of carboxylic acid groups (broad SMARTS) is 1. The van der Waals surface area contributed by atoms with Crippen molar-refractivity contribution in [2.24, 2.45) is 0 Å². The van der Waals surface area contributed by atoms with Gasteiger partial charge in [0.05, 0.1) is 23.7 Å². The van der Waals surface area contributed by atoms with Crippen LogP contribution in [-0.4, -0.2) is 56.3 Å². The topological polar surface area (TPSA) is 95.7 Å².